The molecular weight excluding hydrogens is 208 g/mol. The number of halogens is 1. The number of hydrogen-bond donors (Lipinski definition) is 0. The summed E-state index contributed by atoms with van der Waals surface area (Å²) in [7, 11) is 0. The second kappa shape index (κ2) is 4.80. The lowest BCUT2D eigenvalue weighted by Crippen LogP contribution is -2.27. The summed E-state index contributed by atoms with van der Waals surface area (Å²) in [6.07, 6.45) is 4.21. The molecule has 2 heteroatoms. The van der Waals surface area contributed by atoms with E-state index in [4.69, 9.17) is 11.6 Å². The second-order valence-corrected chi connectivity index (χ2v) is 4.70. The van der Waals surface area contributed by atoms with E-state index < -0.39 is 0 Å². The summed E-state index contributed by atoms with van der Waals surface area (Å²) in [4.78, 5) is 12.1. The maximum Gasteiger partial charge on any atom is 0.167 e. The Balaban J connectivity index is 2.13. The Labute approximate surface area is 95.4 Å². The lowest BCUT2D eigenvalue weighted by Gasteiger charge is -2.25. The summed E-state index contributed by atoms with van der Waals surface area (Å²) in [5.41, 5.74) is 0.801. The third-order valence-corrected chi connectivity index (χ3v) is 3.60. The average molecular weight is 223 g/mol. The zero-order valence-corrected chi connectivity index (χ0v) is 9.41. The zero-order valence-electron chi connectivity index (χ0n) is 8.66. The number of carbonyl (C=O) groups excluding carboxylic acids is 1. The Morgan fingerprint density at radius 3 is 2.47 bits per heavy atom. The predicted octanol–water partition coefficient (Wildman–Crippen LogP) is 3.67. The molecule has 0 aromatic heterocycles. The fourth-order valence-corrected chi connectivity index (χ4v) is 2.59. The molecule has 1 aromatic rings. The highest BCUT2D eigenvalue weighted by molar-refractivity contribution is 6.23. The van der Waals surface area contributed by atoms with Crippen molar-refractivity contribution < 1.29 is 4.79 Å². The first-order valence-electron chi connectivity index (χ1n) is 5.52. The zero-order chi connectivity index (χ0) is 10.7. The highest BCUT2D eigenvalue weighted by atomic mass is 35.5. The molecule has 2 rings (SSSR count). The van der Waals surface area contributed by atoms with E-state index in [0.29, 0.717) is 0 Å². The van der Waals surface area contributed by atoms with E-state index in [9.17, 15) is 4.79 Å². The molecule has 0 heterocycles. The summed E-state index contributed by atoms with van der Waals surface area (Å²) in [5.74, 6) is 0.248. The van der Waals surface area contributed by atoms with E-state index in [2.05, 4.69) is 0 Å². The fraction of sp³-hybridized carbons (Fsp3) is 0.462. The molecule has 0 spiro atoms. The topological polar surface area (TPSA) is 17.1 Å². The minimum absolute atomic E-state index is 0.0304. The van der Waals surface area contributed by atoms with E-state index in [1.165, 1.54) is 0 Å². The molecule has 0 N–H and O–H groups in total. The smallest absolute Gasteiger partial charge is 0.167 e. The number of Topliss-reactive ketones (excluding diaryl/α,β-unsaturated/α-hetero) is 1. The molecule has 1 fully saturated rings. The molecule has 0 aliphatic heterocycles. The maximum atomic E-state index is 12.1. The summed E-state index contributed by atoms with van der Waals surface area (Å²) in [6.45, 7) is 0. The first-order chi connectivity index (χ1) is 7.29. The van der Waals surface area contributed by atoms with Gasteiger partial charge in [0.05, 0.1) is 0 Å². The number of benzene rings is 1. The lowest BCUT2D eigenvalue weighted by atomic mass is 9.83. The molecule has 1 nitrogen and oxygen atoms in total. The predicted molar refractivity (Wildman–Crippen MR) is 62.4 cm³/mol. The lowest BCUT2D eigenvalue weighted by molar-refractivity contribution is 0.0893. The number of ketones is 1. The van der Waals surface area contributed by atoms with Crippen LogP contribution in [-0.4, -0.2) is 11.2 Å². The van der Waals surface area contributed by atoms with E-state index in [1.54, 1.807) is 0 Å². The van der Waals surface area contributed by atoms with Crippen LogP contribution in [-0.2, 0) is 0 Å². The van der Waals surface area contributed by atoms with Gasteiger partial charge in [-0.05, 0) is 12.8 Å². The van der Waals surface area contributed by atoms with Gasteiger partial charge in [-0.2, -0.15) is 0 Å². The van der Waals surface area contributed by atoms with Gasteiger partial charge >= 0.3 is 0 Å². The molecule has 2 atom stereocenters. The van der Waals surface area contributed by atoms with E-state index in [0.717, 1.165) is 31.2 Å². The Kier molecular flexibility index (Phi) is 3.42. The summed E-state index contributed by atoms with van der Waals surface area (Å²) in [6, 6.07) is 9.48. The second-order valence-electron chi connectivity index (χ2n) is 4.14. The Morgan fingerprint density at radius 1 is 1.13 bits per heavy atom. The molecular formula is C13H15ClO. The van der Waals surface area contributed by atoms with Crippen LogP contribution in [0, 0.1) is 5.92 Å². The van der Waals surface area contributed by atoms with Crippen LogP contribution >= 0.6 is 11.6 Å². The largest absolute Gasteiger partial charge is 0.294 e. The van der Waals surface area contributed by atoms with Gasteiger partial charge in [-0.15, -0.1) is 11.6 Å². The van der Waals surface area contributed by atoms with Crippen molar-refractivity contribution >= 4 is 17.4 Å². The van der Waals surface area contributed by atoms with Gasteiger partial charge in [-0.25, -0.2) is 0 Å². The van der Waals surface area contributed by atoms with Gasteiger partial charge in [-0.1, -0.05) is 43.2 Å². The third-order valence-electron chi connectivity index (χ3n) is 3.08. The minimum atomic E-state index is 0.0304. The fourth-order valence-electron chi connectivity index (χ4n) is 2.20. The molecule has 1 aliphatic carbocycles. The third kappa shape index (κ3) is 2.40. The molecule has 0 saturated heterocycles. The van der Waals surface area contributed by atoms with E-state index in [1.807, 2.05) is 30.3 Å². The van der Waals surface area contributed by atoms with Gasteiger partial charge in [-0.3, -0.25) is 4.79 Å². The number of carbonyl (C=O) groups is 1. The first kappa shape index (κ1) is 10.7. The molecule has 0 radical (unpaired) electrons. The summed E-state index contributed by atoms with van der Waals surface area (Å²) in [5, 5.41) is 0.0338. The molecule has 0 bridgehead atoms. The number of hydrogen-bond acceptors (Lipinski definition) is 1. The van der Waals surface area contributed by atoms with Gasteiger partial charge in [0.15, 0.2) is 5.78 Å². The standard InChI is InChI=1S/C13H15ClO/c14-12-9-5-4-8-11(12)13(15)10-6-2-1-3-7-10/h1-3,6-7,11-12H,4-5,8-9H2/t11-,12?/m0/s1. The summed E-state index contributed by atoms with van der Waals surface area (Å²) < 4.78 is 0. The van der Waals surface area contributed by atoms with Crippen molar-refractivity contribution in [2.45, 2.75) is 31.1 Å². The Bertz CT molecular complexity index is 334. The molecule has 0 amide bonds. The molecule has 1 unspecified atom stereocenters. The minimum Gasteiger partial charge on any atom is -0.294 e. The van der Waals surface area contributed by atoms with Crippen molar-refractivity contribution in [3.05, 3.63) is 35.9 Å². The van der Waals surface area contributed by atoms with Gasteiger partial charge in [0.2, 0.25) is 0 Å². The highest BCUT2D eigenvalue weighted by Crippen LogP contribution is 2.31. The van der Waals surface area contributed by atoms with Crippen LogP contribution in [0.2, 0.25) is 0 Å². The molecule has 80 valence electrons. The highest BCUT2D eigenvalue weighted by Gasteiger charge is 2.29. The van der Waals surface area contributed by atoms with Crippen LogP contribution < -0.4 is 0 Å². The normalized spacial score (nSPS) is 26.2. The first-order valence-corrected chi connectivity index (χ1v) is 5.96. The number of alkyl halides is 1. The molecule has 1 saturated carbocycles. The van der Waals surface area contributed by atoms with Gasteiger partial charge in [0.25, 0.3) is 0 Å². The van der Waals surface area contributed by atoms with Crippen molar-refractivity contribution in [2.75, 3.05) is 0 Å². The monoisotopic (exact) mass is 222 g/mol. The SMILES string of the molecule is O=C(c1ccccc1)[C@H]1CCCCC1Cl. The van der Waals surface area contributed by atoms with Crippen molar-refractivity contribution in [3.8, 4) is 0 Å². The summed E-state index contributed by atoms with van der Waals surface area (Å²) >= 11 is 6.21. The van der Waals surface area contributed by atoms with Crippen LogP contribution in [0.1, 0.15) is 36.0 Å². The molecule has 1 aromatic carbocycles. The quantitative estimate of drug-likeness (QED) is 0.551. The van der Waals surface area contributed by atoms with Gasteiger partial charge in [0, 0.05) is 16.9 Å². The average Bonchev–Trinajstić information content (AvgIpc) is 2.30. The van der Waals surface area contributed by atoms with Crippen molar-refractivity contribution in [2.24, 2.45) is 5.92 Å². The molecule has 15 heavy (non-hydrogen) atoms. The number of rotatable bonds is 2. The maximum absolute atomic E-state index is 12.1. The van der Waals surface area contributed by atoms with Crippen molar-refractivity contribution in [1.82, 2.24) is 0 Å². The van der Waals surface area contributed by atoms with Gasteiger partial charge in [0.1, 0.15) is 0 Å². The van der Waals surface area contributed by atoms with E-state index >= 15 is 0 Å². The van der Waals surface area contributed by atoms with Crippen LogP contribution in [0.3, 0.4) is 0 Å². The van der Waals surface area contributed by atoms with Crippen LogP contribution in [0.25, 0.3) is 0 Å². The van der Waals surface area contributed by atoms with E-state index in [-0.39, 0.29) is 17.1 Å². The van der Waals surface area contributed by atoms with Crippen molar-refractivity contribution in [3.63, 3.8) is 0 Å². The Hall–Kier alpha value is -0.820. The Morgan fingerprint density at radius 2 is 1.80 bits per heavy atom. The van der Waals surface area contributed by atoms with Gasteiger partial charge < -0.3 is 0 Å². The van der Waals surface area contributed by atoms with Crippen molar-refractivity contribution in [1.29, 1.82) is 0 Å². The van der Waals surface area contributed by atoms with Crippen LogP contribution in [0.5, 0.6) is 0 Å². The van der Waals surface area contributed by atoms with Crippen LogP contribution in [0.4, 0.5) is 0 Å². The molecule has 1 aliphatic rings. The van der Waals surface area contributed by atoms with Crippen LogP contribution in [0.15, 0.2) is 30.3 Å².